The van der Waals surface area contributed by atoms with Crippen molar-refractivity contribution in [2.45, 2.75) is 33.2 Å². The van der Waals surface area contributed by atoms with Crippen molar-refractivity contribution >= 4 is 29.9 Å². The van der Waals surface area contributed by atoms with E-state index >= 15 is 0 Å². The van der Waals surface area contributed by atoms with Crippen LogP contribution in [0.3, 0.4) is 0 Å². The maximum atomic E-state index is 4.69. The van der Waals surface area contributed by atoms with E-state index in [-0.39, 0.29) is 24.0 Å². The second kappa shape index (κ2) is 10.4. The molecule has 0 unspecified atom stereocenters. The van der Waals surface area contributed by atoms with E-state index < -0.39 is 0 Å². The first-order chi connectivity index (χ1) is 11.5. The Kier molecular flexibility index (Phi) is 8.96. The molecule has 0 saturated heterocycles. The Morgan fingerprint density at radius 1 is 1.20 bits per heavy atom. The molecular weight excluding hydrogens is 425 g/mol. The number of hydrogen-bond acceptors (Lipinski definition) is 2. The van der Waals surface area contributed by atoms with Crippen molar-refractivity contribution in [2.75, 3.05) is 20.6 Å². The average Bonchev–Trinajstić information content (AvgIpc) is 2.80. The largest absolute Gasteiger partial charge is 0.356 e. The SMILES string of the molecule is Cc1nn(C)c(C)c1CCCNC(=NCc1ccccc1)N(C)C.I. The quantitative estimate of drug-likeness (QED) is 0.315. The second-order valence-electron chi connectivity index (χ2n) is 6.32. The number of nitrogens with one attached hydrogen (secondary N) is 1. The van der Waals surface area contributed by atoms with Crippen LogP contribution in [0.4, 0.5) is 0 Å². The average molecular weight is 455 g/mol. The van der Waals surface area contributed by atoms with Gasteiger partial charge in [0.25, 0.3) is 0 Å². The number of halogens is 1. The maximum Gasteiger partial charge on any atom is 0.193 e. The van der Waals surface area contributed by atoms with Gasteiger partial charge in [-0.15, -0.1) is 24.0 Å². The molecule has 0 aliphatic rings. The van der Waals surface area contributed by atoms with Gasteiger partial charge in [-0.05, 0) is 37.8 Å². The minimum Gasteiger partial charge on any atom is -0.356 e. The molecule has 2 rings (SSSR count). The van der Waals surface area contributed by atoms with Gasteiger partial charge in [0.2, 0.25) is 0 Å². The van der Waals surface area contributed by atoms with Crippen LogP contribution >= 0.6 is 24.0 Å². The molecule has 138 valence electrons. The van der Waals surface area contributed by atoms with Crippen molar-refractivity contribution in [3.63, 3.8) is 0 Å². The van der Waals surface area contributed by atoms with Crippen molar-refractivity contribution in [1.82, 2.24) is 20.0 Å². The van der Waals surface area contributed by atoms with E-state index in [1.165, 1.54) is 16.8 Å². The Morgan fingerprint density at radius 2 is 1.88 bits per heavy atom. The summed E-state index contributed by atoms with van der Waals surface area (Å²) in [5.41, 5.74) is 4.99. The molecule has 5 nitrogen and oxygen atoms in total. The molecule has 0 amide bonds. The number of aliphatic imine (C=N–C) groups is 1. The zero-order chi connectivity index (χ0) is 17.5. The molecule has 0 aliphatic carbocycles. The van der Waals surface area contributed by atoms with Crippen molar-refractivity contribution < 1.29 is 0 Å². The third kappa shape index (κ3) is 6.34. The van der Waals surface area contributed by atoms with Gasteiger partial charge in [-0.25, -0.2) is 4.99 Å². The standard InChI is InChI=1S/C19H29N5.HI/c1-15-18(16(2)24(5)22-15)12-9-13-20-19(23(3)4)21-14-17-10-7-6-8-11-17;/h6-8,10-11H,9,12-14H2,1-5H3,(H,20,21);1H. The van der Waals surface area contributed by atoms with Crippen LogP contribution in [-0.2, 0) is 20.0 Å². The summed E-state index contributed by atoms with van der Waals surface area (Å²) in [5.74, 6) is 0.929. The van der Waals surface area contributed by atoms with Crippen LogP contribution in [0.15, 0.2) is 35.3 Å². The van der Waals surface area contributed by atoms with Crippen LogP contribution in [0.25, 0.3) is 0 Å². The van der Waals surface area contributed by atoms with E-state index in [9.17, 15) is 0 Å². The van der Waals surface area contributed by atoms with Crippen molar-refractivity contribution in [2.24, 2.45) is 12.0 Å². The first-order valence-corrected chi connectivity index (χ1v) is 8.47. The van der Waals surface area contributed by atoms with Gasteiger partial charge in [-0.3, -0.25) is 4.68 Å². The topological polar surface area (TPSA) is 45.5 Å². The molecule has 25 heavy (non-hydrogen) atoms. The van der Waals surface area contributed by atoms with E-state index in [0.717, 1.165) is 31.0 Å². The van der Waals surface area contributed by atoms with Crippen LogP contribution < -0.4 is 5.32 Å². The summed E-state index contributed by atoms with van der Waals surface area (Å²) in [6.07, 6.45) is 2.10. The lowest BCUT2D eigenvalue weighted by atomic mass is 10.1. The third-order valence-electron chi connectivity index (χ3n) is 4.22. The lowest BCUT2D eigenvalue weighted by Crippen LogP contribution is -2.37. The molecule has 0 bridgehead atoms. The van der Waals surface area contributed by atoms with Gasteiger partial charge in [-0.1, -0.05) is 30.3 Å². The molecule has 0 fully saturated rings. The van der Waals surface area contributed by atoms with Gasteiger partial charge in [0.15, 0.2) is 5.96 Å². The molecule has 2 aromatic rings. The summed E-state index contributed by atoms with van der Waals surface area (Å²) in [7, 11) is 6.04. The molecular formula is C19H30IN5. The van der Waals surface area contributed by atoms with Gasteiger partial charge in [-0.2, -0.15) is 5.10 Å². The minimum absolute atomic E-state index is 0. The summed E-state index contributed by atoms with van der Waals surface area (Å²) in [6.45, 7) is 5.82. The Morgan fingerprint density at radius 3 is 2.44 bits per heavy atom. The highest BCUT2D eigenvalue weighted by molar-refractivity contribution is 14.0. The predicted molar refractivity (Wildman–Crippen MR) is 116 cm³/mol. The fraction of sp³-hybridized carbons (Fsp3) is 0.474. The van der Waals surface area contributed by atoms with E-state index in [2.05, 4.69) is 36.4 Å². The monoisotopic (exact) mass is 455 g/mol. The molecule has 0 radical (unpaired) electrons. The smallest absolute Gasteiger partial charge is 0.193 e. The van der Waals surface area contributed by atoms with E-state index in [1.54, 1.807) is 0 Å². The number of hydrogen-bond donors (Lipinski definition) is 1. The predicted octanol–water partition coefficient (Wildman–Crippen LogP) is 3.29. The zero-order valence-corrected chi connectivity index (χ0v) is 18.2. The highest BCUT2D eigenvalue weighted by Gasteiger charge is 2.09. The van der Waals surface area contributed by atoms with E-state index in [4.69, 9.17) is 4.99 Å². The van der Waals surface area contributed by atoms with Gasteiger partial charge in [0, 0.05) is 33.4 Å². The summed E-state index contributed by atoms with van der Waals surface area (Å²) < 4.78 is 1.96. The van der Waals surface area contributed by atoms with Crippen LogP contribution in [0, 0.1) is 13.8 Å². The van der Waals surface area contributed by atoms with E-state index in [0.29, 0.717) is 6.54 Å². The minimum atomic E-state index is 0. The highest BCUT2D eigenvalue weighted by Crippen LogP contribution is 2.13. The van der Waals surface area contributed by atoms with Crippen molar-refractivity contribution in [3.05, 3.63) is 52.8 Å². The molecule has 6 heteroatoms. The van der Waals surface area contributed by atoms with Gasteiger partial charge < -0.3 is 10.2 Å². The number of aryl methyl sites for hydroxylation is 2. The first kappa shape index (κ1) is 21.5. The van der Waals surface area contributed by atoms with Crippen LogP contribution in [0.1, 0.15) is 28.9 Å². The number of nitrogens with zero attached hydrogens (tertiary/aromatic N) is 4. The molecule has 1 N–H and O–H groups in total. The Hall–Kier alpha value is -1.57. The third-order valence-corrected chi connectivity index (χ3v) is 4.22. The normalized spacial score (nSPS) is 11.2. The molecule has 0 saturated carbocycles. The number of guanidine groups is 1. The number of rotatable bonds is 6. The van der Waals surface area contributed by atoms with Gasteiger partial charge in [0.05, 0.1) is 12.2 Å². The molecule has 1 aromatic carbocycles. The summed E-state index contributed by atoms with van der Waals surface area (Å²) in [4.78, 5) is 6.72. The summed E-state index contributed by atoms with van der Waals surface area (Å²) in [6, 6.07) is 10.3. The molecule has 0 atom stereocenters. The van der Waals surface area contributed by atoms with Crippen LogP contribution in [0.2, 0.25) is 0 Å². The molecule has 1 aromatic heterocycles. The highest BCUT2D eigenvalue weighted by atomic mass is 127. The molecule has 0 aliphatic heterocycles. The number of benzene rings is 1. The summed E-state index contributed by atoms with van der Waals surface area (Å²) in [5, 5.41) is 7.93. The lowest BCUT2D eigenvalue weighted by molar-refractivity contribution is 0.574. The zero-order valence-electron chi connectivity index (χ0n) is 15.9. The lowest BCUT2D eigenvalue weighted by Gasteiger charge is -2.17. The first-order valence-electron chi connectivity index (χ1n) is 8.47. The molecule has 0 spiro atoms. The maximum absolute atomic E-state index is 4.69. The second-order valence-corrected chi connectivity index (χ2v) is 6.32. The fourth-order valence-corrected chi connectivity index (χ4v) is 2.75. The van der Waals surface area contributed by atoms with Crippen molar-refractivity contribution in [1.29, 1.82) is 0 Å². The van der Waals surface area contributed by atoms with Crippen molar-refractivity contribution in [3.8, 4) is 0 Å². The fourth-order valence-electron chi connectivity index (χ4n) is 2.75. The Balaban J connectivity index is 0.00000312. The Labute approximate surface area is 168 Å². The van der Waals surface area contributed by atoms with Gasteiger partial charge >= 0.3 is 0 Å². The van der Waals surface area contributed by atoms with Crippen LogP contribution in [-0.4, -0.2) is 41.3 Å². The van der Waals surface area contributed by atoms with Gasteiger partial charge in [0.1, 0.15) is 0 Å². The van der Waals surface area contributed by atoms with Crippen LogP contribution in [0.5, 0.6) is 0 Å². The molecule has 1 heterocycles. The number of aromatic nitrogens is 2. The van der Waals surface area contributed by atoms with E-state index in [1.807, 2.05) is 48.9 Å². The Bertz CT molecular complexity index is 677. The summed E-state index contributed by atoms with van der Waals surface area (Å²) >= 11 is 0.